The summed E-state index contributed by atoms with van der Waals surface area (Å²) in [4.78, 5) is 39.1. The summed E-state index contributed by atoms with van der Waals surface area (Å²) in [5.74, 6) is -0.446. The lowest BCUT2D eigenvalue weighted by molar-refractivity contribution is -0.132. The second kappa shape index (κ2) is 7.46. The number of hydrogen-bond donors (Lipinski definition) is 1. The van der Waals surface area contributed by atoms with Gasteiger partial charge in [-0.2, -0.15) is 0 Å². The molecule has 4 rings (SSSR count). The number of rotatable bonds is 3. The van der Waals surface area contributed by atoms with Crippen LogP contribution in [0.2, 0.25) is 0 Å². The van der Waals surface area contributed by atoms with E-state index in [0.29, 0.717) is 0 Å². The third-order valence-corrected chi connectivity index (χ3v) is 5.51. The van der Waals surface area contributed by atoms with Crippen LogP contribution in [0.25, 0.3) is 16.8 Å². The first-order valence-electron chi connectivity index (χ1n) is 9.56. The summed E-state index contributed by atoms with van der Waals surface area (Å²) in [6, 6.07) is 10.5. The molecule has 1 saturated heterocycles. The van der Waals surface area contributed by atoms with E-state index in [1.807, 2.05) is 36.4 Å². The number of amides is 4. The third-order valence-electron chi connectivity index (χ3n) is 5.51. The second-order valence-electron chi connectivity index (χ2n) is 7.19. The lowest BCUT2D eigenvalue weighted by atomic mass is 9.93. The highest BCUT2D eigenvalue weighted by atomic mass is 16.5. The molecule has 6 nitrogen and oxygen atoms in total. The normalized spacial score (nSPS) is 20.0. The van der Waals surface area contributed by atoms with Gasteiger partial charge in [-0.05, 0) is 35.9 Å². The molecular weight excluding hydrogens is 356 g/mol. The fourth-order valence-corrected chi connectivity index (χ4v) is 4.10. The minimum atomic E-state index is -0.651. The van der Waals surface area contributed by atoms with E-state index in [9.17, 15) is 14.4 Å². The maximum Gasteiger partial charge on any atom is 0.331 e. The number of methoxy groups -OCH3 is 1. The molecule has 2 aromatic carbocycles. The van der Waals surface area contributed by atoms with Crippen LogP contribution in [0.3, 0.4) is 0 Å². The molecule has 0 aromatic heterocycles. The molecule has 4 amide bonds. The number of hydrogen-bond acceptors (Lipinski definition) is 4. The number of carbonyl (C=O) groups is 3. The van der Waals surface area contributed by atoms with Gasteiger partial charge >= 0.3 is 6.03 Å². The summed E-state index contributed by atoms with van der Waals surface area (Å²) < 4.78 is 5.41. The van der Waals surface area contributed by atoms with Gasteiger partial charge in [-0.3, -0.25) is 19.8 Å². The van der Waals surface area contributed by atoms with Gasteiger partial charge in [-0.15, -0.1) is 0 Å². The van der Waals surface area contributed by atoms with Crippen LogP contribution < -0.4 is 10.1 Å². The van der Waals surface area contributed by atoms with Crippen LogP contribution in [0.15, 0.2) is 42.0 Å². The van der Waals surface area contributed by atoms with Gasteiger partial charge in [-0.25, -0.2) is 4.79 Å². The molecule has 1 aliphatic carbocycles. The fraction of sp³-hybridized carbons (Fsp3) is 0.318. The molecule has 2 fully saturated rings. The van der Waals surface area contributed by atoms with Gasteiger partial charge in [0.05, 0.1) is 7.11 Å². The average Bonchev–Trinajstić information content (AvgIpc) is 2.71. The van der Waals surface area contributed by atoms with Crippen LogP contribution in [-0.4, -0.2) is 35.9 Å². The van der Waals surface area contributed by atoms with Crippen molar-refractivity contribution >= 4 is 34.7 Å². The van der Waals surface area contributed by atoms with Crippen molar-refractivity contribution in [2.45, 2.75) is 38.1 Å². The molecule has 1 saturated carbocycles. The monoisotopic (exact) mass is 378 g/mol. The quantitative estimate of drug-likeness (QED) is 0.653. The van der Waals surface area contributed by atoms with Crippen molar-refractivity contribution in [3.63, 3.8) is 0 Å². The first-order valence-corrected chi connectivity index (χ1v) is 9.56. The summed E-state index contributed by atoms with van der Waals surface area (Å²) in [5.41, 5.74) is 0.716. The zero-order valence-corrected chi connectivity index (χ0v) is 15.7. The van der Waals surface area contributed by atoms with Crippen LogP contribution in [0, 0.1) is 0 Å². The van der Waals surface area contributed by atoms with Crippen molar-refractivity contribution < 1.29 is 19.1 Å². The van der Waals surface area contributed by atoms with Gasteiger partial charge in [0.15, 0.2) is 0 Å². The van der Waals surface area contributed by atoms with Crippen LogP contribution in [0.5, 0.6) is 5.75 Å². The third kappa shape index (κ3) is 3.15. The van der Waals surface area contributed by atoms with E-state index in [-0.39, 0.29) is 11.6 Å². The first-order chi connectivity index (χ1) is 13.6. The Hall–Kier alpha value is -3.15. The molecule has 0 spiro atoms. The summed E-state index contributed by atoms with van der Waals surface area (Å²) in [5, 5.41) is 4.10. The predicted molar refractivity (Wildman–Crippen MR) is 106 cm³/mol. The molecule has 0 radical (unpaired) electrons. The number of nitrogens with zero attached hydrogens (tertiary/aromatic N) is 1. The molecule has 28 heavy (non-hydrogen) atoms. The highest BCUT2D eigenvalue weighted by Gasteiger charge is 2.40. The Labute approximate surface area is 163 Å². The Kier molecular flexibility index (Phi) is 4.86. The first kappa shape index (κ1) is 18.2. The van der Waals surface area contributed by atoms with Crippen molar-refractivity contribution in [2.75, 3.05) is 7.11 Å². The summed E-state index contributed by atoms with van der Waals surface area (Å²) >= 11 is 0. The topological polar surface area (TPSA) is 75.7 Å². The Balaban J connectivity index is 1.76. The minimum Gasteiger partial charge on any atom is -0.496 e. The molecule has 144 valence electrons. The van der Waals surface area contributed by atoms with E-state index in [1.54, 1.807) is 13.2 Å². The smallest absolute Gasteiger partial charge is 0.331 e. The Bertz CT molecular complexity index is 989. The number of urea groups is 1. The summed E-state index contributed by atoms with van der Waals surface area (Å²) in [7, 11) is 1.60. The van der Waals surface area contributed by atoms with Crippen molar-refractivity contribution in [2.24, 2.45) is 0 Å². The van der Waals surface area contributed by atoms with Crippen LogP contribution in [0.1, 0.15) is 37.7 Å². The van der Waals surface area contributed by atoms with Gasteiger partial charge < -0.3 is 4.74 Å². The van der Waals surface area contributed by atoms with Crippen molar-refractivity contribution in [1.29, 1.82) is 0 Å². The number of carbonyl (C=O) groups excluding carboxylic acids is 3. The van der Waals surface area contributed by atoms with Gasteiger partial charge in [0, 0.05) is 11.4 Å². The highest BCUT2D eigenvalue weighted by molar-refractivity contribution is 6.31. The molecular formula is C22H22N2O4. The highest BCUT2D eigenvalue weighted by Crippen LogP contribution is 2.31. The van der Waals surface area contributed by atoms with Crippen LogP contribution in [0.4, 0.5) is 4.79 Å². The lowest BCUT2D eigenvalue weighted by Gasteiger charge is -2.35. The second-order valence-corrected chi connectivity index (χ2v) is 7.19. The van der Waals surface area contributed by atoms with Gasteiger partial charge in [0.2, 0.25) is 0 Å². The van der Waals surface area contributed by atoms with E-state index in [1.165, 1.54) is 4.90 Å². The average molecular weight is 378 g/mol. The predicted octanol–water partition coefficient (Wildman–Crippen LogP) is 3.64. The summed E-state index contributed by atoms with van der Waals surface area (Å²) in [6.45, 7) is 0. The Morgan fingerprint density at radius 1 is 1.00 bits per heavy atom. The van der Waals surface area contributed by atoms with E-state index in [2.05, 4.69) is 5.32 Å². The lowest BCUT2D eigenvalue weighted by Crippen LogP contribution is -2.58. The van der Waals surface area contributed by atoms with E-state index in [4.69, 9.17) is 4.74 Å². The zero-order chi connectivity index (χ0) is 19.7. The van der Waals surface area contributed by atoms with Gasteiger partial charge in [0.1, 0.15) is 11.3 Å². The fourth-order valence-electron chi connectivity index (χ4n) is 4.10. The standard InChI is InChI=1S/C22H22N2O4/c1-28-19-12-11-14(16-9-5-6-10-17(16)19)13-18-20(25)23-22(27)24(21(18)26)15-7-3-2-4-8-15/h5-6,9-13,15H,2-4,7-8H2,1H3,(H,23,25,27)/b18-13-. The molecule has 0 bridgehead atoms. The maximum absolute atomic E-state index is 13.1. The number of benzene rings is 2. The van der Waals surface area contributed by atoms with E-state index in [0.717, 1.165) is 54.2 Å². The molecule has 2 aromatic rings. The number of barbiturate groups is 1. The number of ether oxygens (including phenoxy) is 1. The number of fused-ring (bicyclic) bond motifs is 1. The minimum absolute atomic E-state index is 0.0134. The molecule has 2 aliphatic rings. The molecule has 1 aliphatic heterocycles. The molecule has 0 unspecified atom stereocenters. The van der Waals surface area contributed by atoms with Gasteiger partial charge in [0.25, 0.3) is 11.8 Å². The van der Waals surface area contributed by atoms with Crippen molar-refractivity contribution in [1.82, 2.24) is 10.2 Å². The number of imide groups is 2. The van der Waals surface area contributed by atoms with E-state index < -0.39 is 17.8 Å². The maximum atomic E-state index is 13.1. The Morgan fingerprint density at radius 3 is 2.43 bits per heavy atom. The zero-order valence-electron chi connectivity index (χ0n) is 15.7. The van der Waals surface area contributed by atoms with Crippen molar-refractivity contribution in [3.05, 3.63) is 47.5 Å². The Morgan fingerprint density at radius 2 is 1.71 bits per heavy atom. The SMILES string of the molecule is COc1ccc(/C=C2/C(=O)NC(=O)N(C3CCCCC3)C2=O)c2ccccc12. The van der Waals surface area contributed by atoms with Crippen LogP contribution >= 0.6 is 0 Å². The largest absolute Gasteiger partial charge is 0.496 e. The molecule has 0 atom stereocenters. The van der Waals surface area contributed by atoms with Crippen molar-refractivity contribution in [3.8, 4) is 5.75 Å². The molecule has 1 heterocycles. The molecule has 6 heteroatoms. The number of nitrogens with one attached hydrogen (secondary N) is 1. The molecule has 1 N–H and O–H groups in total. The summed E-state index contributed by atoms with van der Waals surface area (Å²) in [6.07, 6.45) is 6.22. The van der Waals surface area contributed by atoms with Crippen LogP contribution in [-0.2, 0) is 9.59 Å². The van der Waals surface area contributed by atoms with E-state index >= 15 is 0 Å². The van der Waals surface area contributed by atoms with Gasteiger partial charge in [-0.1, -0.05) is 49.6 Å².